The van der Waals surface area contributed by atoms with E-state index in [1.807, 2.05) is 6.07 Å². The lowest BCUT2D eigenvalue weighted by Gasteiger charge is -2.14. The van der Waals surface area contributed by atoms with Crippen LogP contribution in [0.25, 0.3) is 0 Å². The average molecular weight is 458 g/mol. The quantitative estimate of drug-likeness (QED) is 0.419. The lowest BCUT2D eigenvalue weighted by atomic mass is 10.1. The molecule has 0 saturated heterocycles. The van der Waals surface area contributed by atoms with Gasteiger partial charge in [0, 0.05) is 41.8 Å². The van der Waals surface area contributed by atoms with E-state index in [0.29, 0.717) is 17.2 Å². The van der Waals surface area contributed by atoms with Crippen molar-refractivity contribution in [1.29, 1.82) is 0 Å². The van der Waals surface area contributed by atoms with E-state index in [9.17, 15) is 18.0 Å². The second-order valence-electron chi connectivity index (χ2n) is 6.78. The second-order valence-corrected chi connectivity index (χ2v) is 6.78. The molecule has 1 amide bonds. The van der Waals surface area contributed by atoms with Gasteiger partial charge in [0.05, 0.1) is 26.3 Å². The Balaban J connectivity index is 1.85. The minimum atomic E-state index is -4.49. The Morgan fingerprint density at radius 3 is 2.24 bits per heavy atom. The molecule has 0 unspecified atom stereocenters. The van der Waals surface area contributed by atoms with Crippen LogP contribution in [0.1, 0.15) is 21.5 Å². The first-order valence-electron chi connectivity index (χ1n) is 9.70. The summed E-state index contributed by atoms with van der Waals surface area (Å²) in [6.07, 6.45) is -1.23. The van der Waals surface area contributed by atoms with E-state index in [1.165, 1.54) is 14.2 Å². The predicted molar refractivity (Wildman–Crippen MR) is 117 cm³/mol. The zero-order valence-corrected chi connectivity index (χ0v) is 17.8. The smallest absolute Gasteiger partial charge is 0.416 e. The Labute approximate surface area is 188 Å². The molecule has 0 aliphatic heterocycles. The van der Waals surface area contributed by atoms with Gasteiger partial charge in [0.15, 0.2) is 0 Å². The van der Waals surface area contributed by atoms with Gasteiger partial charge in [-0.2, -0.15) is 13.2 Å². The monoisotopic (exact) mass is 458 g/mol. The number of aromatic nitrogens is 1. The molecule has 1 heterocycles. The Bertz CT molecular complexity index is 1100. The fraction of sp³-hybridized carbons (Fsp3) is 0.174. The molecule has 10 heteroatoms. The van der Waals surface area contributed by atoms with Crippen LogP contribution < -0.4 is 20.1 Å². The summed E-state index contributed by atoms with van der Waals surface area (Å²) in [5, 5.41) is 5.59. The third-order valence-electron chi connectivity index (χ3n) is 4.46. The van der Waals surface area contributed by atoms with Crippen LogP contribution in [0, 0.1) is 0 Å². The molecule has 1 aromatic heterocycles. The normalized spacial score (nSPS) is 11.6. The number of carbonyl (C=O) groups excluding carboxylic acids is 1. The summed E-state index contributed by atoms with van der Waals surface area (Å²) in [6, 6.07) is 12.5. The maximum Gasteiger partial charge on any atom is 0.416 e. The number of carbonyl (C=O) groups is 1. The molecular weight excluding hydrogens is 437 g/mol. The number of guanidine groups is 1. The number of benzene rings is 2. The van der Waals surface area contributed by atoms with Crippen LogP contribution in [0.15, 0.2) is 72.0 Å². The van der Waals surface area contributed by atoms with Gasteiger partial charge in [-0.15, -0.1) is 0 Å². The second kappa shape index (κ2) is 10.5. The molecule has 0 fully saturated rings. The Kier molecular flexibility index (Phi) is 7.50. The summed E-state index contributed by atoms with van der Waals surface area (Å²) >= 11 is 0. The summed E-state index contributed by atoms with van der Waals surface area (Å²) < 4.78 is 48.9. The number of halogens is 3. The van der Waals surface area contributed by atoms with Crippen molar-refractivity contribution in [2.45, 2.75) is 12.7 Å². The van der Waals surface area contributed by atoms with E-state index in [1.54, 1.807) is 36.7 Å². The van der Waals surface area contributed by atoms with E-state index in [-0.39, 0.29) is 18.1 Å². The minimum absolute atomic E-state index is 0.0436. The maximum absolute atomic E-state index is 12.8. The van der Waals surface area contributed by atoms with Crippen LogP contribution in [0.3, 0.4) is 0 Å². The minimum Gasteiger partial charge on any atom is -0.497 e. The third-order valence-corrected chi connectivity index (χ3v) is 4.46. The number of rotatable bonds is 6. The van der Waals surface area contributed by atoms with Crippen molar-refractivity contribution in [3.8, 4) is 11.5 Å². The number of ether oxygens (including phenoxy) is 2. The van der Waals surface area contributed by atoms with E-state index in [2.05, 4.69) is 20.6 Å². The first kappa shape index (κ1) is 23.6. The molecule has 0 radical (unpaired) electrons. The third kappa shape index (κ3) is 6.70. The number of aliphatic imine (C=N–C) groups is 1. The van der Waals surface area contributed by atoms with Gasteiger partial charge in [0.1, 0.15) is 11.5 Å². The molecule has 33 heavy (non-hydrogen) atoms. The van der Waals surface area contributed by atoms with Crippen LogP contribution >= 0.6 is 0 Å². The largest absolute Gasteiger partial charge is 0.497 e. The van der Waals surface area contributed by atoms with Crippen LogP contribution in [0.2, 0.25) is 0 Å². The first-order chi connectivity index (χ1) is 15.8. The average Bonchev–Trinajstić information content (AvgIpc) is 2.82. The molecule has 0 spiro atoms. The van der Waals surface area contributed by atoms with E-state index < -0.39 is 17.6 Å². The summed E-state index contributed by atoms with van der Waals surface area (Å²) in [6.45, 7) is 0.199. The van der Waals surface area contributed by atoms with Crippen LogP contribution in [0.5, 0.6) is 11.5 Å². The van der Waals surface area contributed by atoms with Crippen molar-refractivity contribution < 1.29 is 27.4 Å². The van der Waals surface area contributed by atoms with Gasteiger partial charge < -0.3 is 14.8 Å². The van der Waals surface area contributed by atoms with E-state index in [4.69, 9.17) is 9.47 Å². The van der Waals surface area contributed by atoms with Crippen molar-refractivity contribution in [3.05, 3.63) is 83.7 Å². The van der Waals surface area contributed by atoms with Crippen molar-refractivity contribution in [3.63, 3.8) is 0 Å². The van der Waals surface area contributed by atoms with Gasteiger partial charge in [-0.05, 0) is 35.9 Å². The van der Waals surface area contributed by atoms with Gasteiger partial charge >= 0.3 is 6.18 Å². The molecule has 0 aliphatic carbocycles. The van der Waals surface area contributed by atoms with Crippen molar-refractivity contribution in [2.75, 3.05) is 19.5 Å². The van der Waals surface area contributed by atoms with Gasteiger partial charge in [0.25, 0.3) is 5.91 Å². The molecule has 2 N–H and O–H groups in total. The van der Waals surface area contributed by atoms with Gasteiger partial charge in [-0.1, -0.05) is 6.07 Å². The molecule has 3 aromatic rings. The Hall–Kier alpha value is -4.08. The van der Waals surface area contributed by atoms with Crippen LogP contribution in [0.4, 0.5) is 18.9 Å². The van der Waals surface area contributed by atoms with Crippen molar-refractivity contribution in [1.82, 2.24) is 10.3 Å². The van der Waals surface area contributed by atoms with Crippen LogP contribution in [-0.2, 0) is 12.7 Å². The zero-order valence-electron chi connectivity index (χ0n) is 17.8. The summed E-state index contributed by atoms with van der Waals surface area (Å²) in [7, 11) is 3.00. The Morgan fingerprint density at radius 2 is 1.70 bits per heavy atom. The van der Waals surface area contributed by atoms with Gasteiger partial charge in [0.2, 0.25) is 5.96 Å². The van der Waals surface area contributed by atoms with E-state index >= 15 is 0 Å². The lowest BCUT2D eigenvalue weighted by Crippen LogP contribution is -2.36. The number of amides is 1. The number of nitrogens with one attached hydrogen (secondary N) is 2. The summed E-state index contributed by atoms with van der Waals surface area (Å²) in [5.41, 5.74) is 0.515. The molecule has 2 aromatic carbocycles. The van der Waals surface area contributed by atoms with Gasteiger partial charge in [-0.3, -0.25) is 15.1 Å². The van der Waals surface area contributed by atoms with Crippen molar-refractivity contribution >= 4 is 17.6 Å². The predicted octanol–water partition coefficient (Wildman–Crippen LogP) is 4.52. The first-order valence-corrected chi connectivity index (χ1v) is 9.70. The zero-order chi connectivity index (χ0) is 23.8. The Morgan fingerprint density at radius 1 is 1.03 bits per heavy atom. The molecule has 0 atom stereocenters. The maximum atomic E-state index is 12.8. The number of hydrogen-bond acceptors (Lipinski definition) is 5. The molecule has 172 valence electrons. The highest BCUT2D eigenvalue weighted by Gasteiger charge is 2.30. The molecular formula is C23H21F3N4O3. The number of methoxy groups -OCH3 is 2. The summed E-state index contributed by atoms with van der Waals surface area (Å²) in [4.78, 5) is 21.1. The number of alkyl halides is 3. The molecule has 7 nitrogen and oxygen atoms in total. The van der Waals surface area contributed by atoms with Crippen LogP contribution in [-0.4, -0.2) is 31.1 Å². The molecule has 0 aliphatic rings. The molecule has 3 rings (SSSR count). The van der Waals surface area contributed by atoms with Crippen molar-refractivity contribution in [2.24, 2.45) is 4.99 Å². The highest BCUT2D eigenvalue weighted by atomic mass is 19.4. The highest BCUT2D eigenvalue weighted by Crippen LogP contribution is 2.29. The number of anilines is 1. The highest BCUT2D eigenvalue weighted by molar-refractivity contribution is 6.10. The fourth-order valence-electron chi connectivity index (χ4n) is 2.78. The number of hydrogen-bond donors (Lipinski definition) is 2. The fourth-order valence-corrected chi connectivity index (χ4v) is 2.78. The molecule has 0 bridgehead atoms. The van der Waals surface area contributed by atoms with Gasteiger partial charge in [-0.25, -0.2) is 4.99 Å². The topological polar surface area (TPSA) is 84.8 Å². The SMILES string of the molecule is COc1cc(NC(=NCc2cccnc2)NC(=O)c2ccc(C(F)(F)F)cc2)cc(OC)c1. The van der Waals surface area contributed by atoms with E-state index in [0.717, 1.165) is 29.8 Å². The number of pyridine rings is 1. The lowest BCUT2D eigenvalue weighted by molar-refractivity contribution is -0.137. The molecule has 0 saturated carbocycles. The standard InChI is InChI=1S/C23H21F3N4O3/c1-32-19-10-18(11-20(12-19)33-2)29-22(28-14-15-4-3-9-27-13-15)30-21(31)16-5-7-17(8-6-16)23(24,25)26/h3-13H,14H2,1-2H3,(H2,28,29,30,31). The summed E-state index contributed by atoms with van der Waals surface area (Å²) in [5.74, 6) is 0.477. The number of nitrogens with zero attached hydrogens (tertiary/aromatic N) is 2.